The minimum absolute atomic E-state index is 0.215. The van der Waals surface area contributed by atoms with Gasteiger partial charge in [-0.15, -0.1) is 0 Å². The average Bonchev–Trinajstić information content (AvgIpc) is 2.30. The topological polar surface area (TPSA) is 58.7 Å². The zero-order chi connectivity index (χ0) is 12.2. The Morgan fingerprint density at radius 3 is 2.56 bits per heavy atom. The van der Waals surface area contributed by atoms with E-state index in [-0.39, 0.29) is 6.61 Å². The van der Waals surface area contributed by atoms with E-state index >= 15 is 0 Å². The van der Waals surface area contributed by atoms with E-state index in [4.69, 9.17) is 15.6 Å². The van der Waals surface area contributed by atoms with Crippen molar-refractivity contribution in [3.63, 3.8) is 0 Å². The van der Waals surface area contributed by atoms with Gasteiger partial charge in [0.2, 0.25) is 0 Å². The Bertz CT molecular complexity index is 129. The highest BCUT2D eigenvalue weighted by molar-refractivity contribution is 4.71. The minimum Gasteiger partial charge on any atom is -0.395 e. The zero-order valence-electron chi connectivity index (χ0n) is 10.8. The van der Waals surface area contributed by atoms with Gasteiger partial charge in [0, 0.05) is 19.7 Å². The maximum atomic E-state index is 9.07. The maximum absolute atomic E-state index is 9.07. The number of rotatable bonds is 11. The Balaban J connectivity index is 4.14. The Labute approximate surface area is 99.8 Å². The molecule has 0 aromatic heterocycles. The predicted octanol–water partition coefficient (Wildman–Crippen LogP) is 0.835. The second kappa shape index (κ2) is 11.3. The first kappa shape index (κ1) is 15.8. The van der Waals surface area contributed by atoms with Crippen molar-refractivity contribution >= 4 is 0 Å². The molecule has 0 saturated carbocycles. The summed E-state index contributed by atoms with van der Waals surface area (Å²) in [7, 11) is 1.73. The smallest absolute Gasteiger partial charge is 0.0618 e. The van der Waals surface area contributed by atoms with Crippen LogP contribution in [0.2, 0.25) is 0 Å². The number of nitrogens with two attached hydrogens (primary N) is 1. The van der Waals surface area contributed by atoms with Gasteiger partial charge in [0.25, 0.3) is 0 Å². The first-order chi connectivity index (χ1) is 7.79. The number of aliphatic hydroxyl groups excluding tert-OH is 1. The minimum atomic E-state index is 0.215. The van der Waals surface area contributed by atoms with Gasteiger partial charge in [-0.3, -0.25) is 4.90 Å². The molecule has 0 aliphatic heterocycles. The molecule has 16 heavy (non-hydrogen) atoms. The van der Waals surface area contributed by atoms with Crippen molar-refractivity contribution in [2.24, 2.45) is 5.73 Å². The normalized spacial score (nSPS) is 13.3. The van der Waals surface area contributed by atoms with Crippen LogP contribution >= 0.6 is 0 Å². The van der Waals surface area contributed by atoms with Crippen molar-refractivity contribution in [3.05, 3.63) is 0 Å². The Kier molecular flexibility index (Phi) is 11.2. The van der Waals surface area contributed by atoms with Gasteiger partial charge in [-0.05, 0) is 32.4 Å². The third kappa shape index (κ3) is 7.17. The number of nitrogens with zero attached hydrogens (tertiary/aromatic N) is 1. The van der Waals surface area contributed by atoms with E-state index in [1.807, 2.05) is 0 Å². The SMILES string of the molecule is CCCCN(CCO)C(CCCN)COC. The molecule has 0 aliphatic carbocycles. The van der Waals surface area contributed by atoms with Crippen LogP contribution in [0.4, 0.5) is 0 Å². The maximum Gasteiger partial charge on any atom is 0.0618 e. The highest BCUT2D eigenvalue weighted by atomic mass is 16.5. The number of hydrogen-bond acceptors (Lipinski definition) is 4. The fourth-order valence-electron chi connectivity index (χ4n) is 1.88. The molecule has 0 aromatic rings. The standard InChI is InChI=1S/C12H28N2O2/c1-3-4-8-14(9-10-15)12(11-16-2)6-5-7-13/h12,15H,3-11,13H2,1-2H3. The zero-order valence-corrected chi connectivity index (χ0v) is 10.8. The van der Waals surface area contributed by atoms with E-state index in [9.17, 15) is 0 Å². The highest BCUT2D eigenvalue weighted by Crippen LogP contribution is 2.09. The summed E-state index contributed by atoms with van der Waals surface area (Å²) >= 11 is 0. The molecule has 1 atom stereocenters. The summed E-state index contributed by atoms with van der Waals surface area (Å²) in [4.78, 5) is 2.32. The first-order valence-corrected chi connectivity index (χ1v) is 6.34. The van der Waals surface area contributed by atoms with E-state index in [1.54, 1.807) is 7.11 Å². The molecule has 0 rings (SSSR count). The van der Waals surface area contributed by atoms with Crippen LogP contribution < -0.4 is 5.73 Å². The van der Waals surface area contributed by atoms with E-state index in [1.165, 1.54) is 12.8 Å². The summed E-state index contributed by atoms with van der Waals surface area (Å²) in [6, 6.07) is 0.396. The second-order valence-corrected chi connectivity index (χ2v) is 4.15. The third-order valence-electron chi connectivity index (χ3n) is 2.80. The van der Waals surface area contributed by atoms with Gasteiger partial charge in [-0.2, -0.15) is 0 Å². The van der Waals surface area contributed by atoms with Crippen molar-refractivity contribution in [2.75, 3.05) is 40.0 Å². The fourth-order valence-corrected chi connectivity index (χ4v) is 1.88. The molecule has 0 spiro atoms. The van der Waals surface area contributed by atoms with Gasteiger partial charge in [0.05, 0.1) is 13.2 Å². The summed E-state index contributed by atoms with van der Waals surface area (Å²) < 4.78 is 5.24. The molecule has 0 heterocycles. The molecule has 0 aromatic carbocycles. The summed E-state index contributed by atoms with van der Waals surface area (Å²) in [6.45, 7) is 5.62. The van der Waals surface area contributed by atoms with Gasteiger partial charge in [0.1, 0.15) is 0 Å². The molecular formula is C12H28N2O2. The summed E-state index contributed by atoms with van der Waals surface area (Å²) in [6.07, 6.45) is 4.41. The molecule has 0 aliphatic rings. The summed E-state index contributed by atoms with van der Waals surface area (Å²) in [5.74, 6) is 0. The third-order valence-corrected chi connectivity index (χ3v) is 2.80. The van der Waals surface area contributed by atoms with Crippen molar-refractivity contribution < 1.29 is 9.84 Å². The molecule has 0 amide bonds. The lowest BCUT2D eigenvalue weighted by molar-refractivity contribution is 0.0702. The highest BCUT2D eigenvalue weighted by Gasteiger charge is 2.16. The fraction of sp³-hybridized carbons (Fsp3) is 1.00. The molecule has 98 valence electrons. The number of hydrogen-bond donors (Lipinski definition) is 2. The van der Waals surface area contributed by atoms with Crippen LogP contribution in [-0.2, 0) is 4.74 Å². The number of aliphatic hydroxyl groups is 1. The molecule has 0 radical (unpaired) electrons. The molecule has 1 unspecified atom stereocenters. The molecule has 0 bridgehead atoms. The second-order valence-electron chi connectivity index (χ2n) is 4.15. The van der Waals surface area contributed by atoms with Gasteiger partial charge in [-0.1, -0.05) is 13.3 Å². The van der Waals surface area contributed by atoms with Crippen LogP contribution in [-0.4, -0.2) is 56.0 Å². The first-order valence-electron chi connectivity index (χ1n) is 6.34. The van der Waals surface area contributed by atoms with Crippen LogP contribution in [0.3, 0.4) is 0 Å². The van der Waals surface area contributed by atoms with Crippen LogP contribution in [0.25, 0.3) is 0 Å². The Morgan fingerprint density at radius 1 is 1.31 bits per heavy atom. The van der Waals surface area contributed by atoms with Crippen molar-refractivity contribution in [1.29, 1.82) is 0 Å². The van der Waals surface area contributed by atoms with Crippen LogP contribution in [0.15, 0.2) is 0 Å². The number of unbranched alkanes of at least 4 members (excludes halogenated alkanes) is 1. The van der Waals surface area contributed by atoms with Crippen LogP contribution in [0.1, 0.15) is 32.6 Å². The molecule has 0 fully saturated rings. The molecular weight excluding hydrogens is 204 g/mol. The van der Waals surface area contributed by atoms with Crippen molar-refractivity contribution in [3.8, 4) is 0 Å². The van der Waals surface area contributed by atoms with E-state index < -0.39 is 0 Å². The van der Waals surface area contributed by atoms with E-state index in [0.29, 0.717) is 6.04 Å². The lowest BCUT2D eigenvalue weighted by atomic mass is 10.1. The Hall–Kier alpha value is -0.160. The quantitative estimate of drug-likeness (QED) is 0.554. The van der Waals surface area contributed by atoms with E-state index in [2.05, 4.69) is 11.8 Å². The van der Waals surface area contributed by atoms with E-state index in [0.717, 1.165) is 39.1 Å². The monoisotopic (exact) mass is 232 g/mol. The molecule has 3 N–H and O–H groups in total. The van der Waals surface area contributed by atoms with Gasteiger partial charge >= 0.3 is 0 Å². The average molecular weight is 232 g/mol. The van der Waals surface area contributed by atoms with Crippen molar-refractivity contribution in [1.82, 2.24) is 4.90 Å². The van der Waals surface area contributed by atoms with Crippen molar-refractivity contribution in [2.45, 2.75) is 38.6 Å². The summed E-state index contributed by atoms with van der Waals surface area (Å²) in [5.41, 5.74) is 5.54. The van der Waals surface area contributed by atoms with Crippen LogP contribution in [0.5, 0.6) is 0 Å². The largest absolute Gasteiger partial charge is 0.395 e. The number of methoxy groups -OCH3 is 1. The van der Waals surface area contributed by atoms with Crippen LogP contribution in [0, 0.1) is 0 Å². The molecule has 4 heteroatoms. The molecule has 4 nitrogen and oxygen atoms in total. The van der Waals surface area contributed by atoms with Gasteiger partial charge in [-0.25, -0.2) is 0 Å². The number of ether oxygens (including phenoxy) is 1. The summed E-state index contributed by atoms with van der Waals surface area (Å²) in [5, 5.41) is 9.07. The lowest BCUT2D eigenvalue weighted by Crippen LogP contribution is -2.41. The predicted molar refractivity (Wildman–Crippen MR) is 67.5 cm³/mol. The van der Waals surface area contributed by atoms with Gasteiger partial charge in [0.15, 0.2) is 0 Å². The van der Waals surface area contributed by atoms with Gasteiger partial charge < -0.3 is 15.6 Å². The lowest BCUT2D eigenvalue weighted by Gasteiger charge is -2.30. The molecule has 0 saturated heterocycles. The Morgan fingerprint density at radius 2 is 2.06 bits per heavy atom.